The Hall–Kier alpha value is -7.57. The highest BCUT2D eigenvalue weighted by molar-refractivity contribution is 7.89. The summed E-state index contributed by atoms with van der Waals surface area (Å²) in [6.07, 6.45) is -1.85. The van der Waals surface area contributed by atoms with Crippen LogP contribution in [0.2, 0.25) is 0 Å². The summed E-state index contributed by atoms with van der Waals surface area (Å²) in [5.41, 5.74) is 5.39. The zero-order valence-electron chi connectivity index (χ0n) is 35.0. The van der Waals surface area contributed by atoms with Gasteiger partial charge in [-0.15, -0.1) is 0 Å². The van der Waals surface area contributed by atoms with Crippen molar-refractivity contribution in [2.75, 3.05) is 13.1 Å². The number of hydrogen-bond donors (Lipinski definition) is 11. The smallest absolute Gasteiger partial charge is 0.305 e. The molecule has 0 aliphatic heterocycles. The second kappa shape index (κ2) is 22.9. The molecular formula is C42H47FN8O14S. The monoisotopic (exact) mass is 938 g/mol. The number of aliphatic carboxylic acids is 3. The molecule has 4 aromatic rings. The van der Waals surface area contributed by atoms with Crippen molar-refractivity contribution >= 4 is 74.7 Å². The van der Waals surface area contributed by atoms with Gasteiger partial charge in [0.1, 0.15) is 35.8 Å². The van der Waals surface area contributed by atoms with Gasteiger partial charge in [-0.2, -0.15) is 4.72 Å². The number of benzene rings is 3. The number of sulfonamides is 1. The first kappa shape index (κ1) is 51.1. The number of aryl methyl sites for hydroxylation is 1. The van der Waals surface area contributed by atoms with E-state index in [4.69, 9.17) is 5.73 Å². The zero-order chi connectivity index (χ0) is 48.8. The van der Waals surface area contributed by atoms with E-state index in [2.05, 4.69) is 26.3 Å². The molecule has 5 amide bonds. The third-order valence-electron chi connectivity index (χ3n) is 9.90. The van der Waals surface area contributed by atoms with Crippen molar-refractivity contribution in [3.05, 3.63) is 102 Å². The number of primary amides is 1. The first-order valence-corrected chi connectivity index (χ1v) is 21.3. The summed E-state index contributed by atoms with van der Waals surface area (Å²) >= 11 is 0. The standard InChI is InChI=1S/C42H47FN8O14S/c1-23-9-11-27(12-10-23)66(64,65)51-33(17-37(58)59)41(63)49-32(16-36(56)57)39(61)46-20-34(53)50-42(22-52,18-24-5-4-6-26(43)13-24)21-47-31(40(62)48-30(38(44)60)15-35(54)55)14-25-19-45-29-8-3-2-7-28(25)29/h2-13,19,22,30-33,45,47,51H,14-18,20-21H2,1H3,(H2,44,60)(H,46,61)(H,48,62)(H,49,63)(H,50,53)(H,54,55)(H,56,57)(H,58,59)/t30-,31-,32-,33+,42+/m0/s1. The van der Waals surface area contributed by atoms with Crippen LogP contribution in [-0.4, -0.2) is 125 Å². The maximum Gasteiger partial charge on any atom is 0.305 e. The van der Waals surface area contributed by atoms with Gasteiger partial charge in [-0.25, -0.2) is 12.8 Å². The predicted octanol–water partition coefficient (Wildman–Crippen LogP) is -1.24. The molecule has 24 heteroatoms. The fourth-order valence-electron chi connectivity index (χ4n) is 6.63. The fourth-order valence-corrected chi connectivity index (χ4v) is 7.83. The van der Waals surface area contributed by atoms with Crippen LogP contribution >= 0.6 is 0 Å². The number of rotatable bonds is 26. The number of aldehydes is 1. The van der Waals surface area contributed by atoms with Gasteiger partial charge in [0.25, 0.3) is 0 Å². The Labute approximate surface area is 375 Å². The molecule has 22 nitrogen and oxygen atoms in total. The van der Waals surface area contributed by atoms with Crippen molar-refractivity contribution in [3.63, 3.8) is 0 Å². The molecule has 0 spiro atoms. The van der Waals surface area contributed by atoms with Crippen LogP contribution in [0.4, 0.5) is 4.39 Å². The van der Waals surface area contributed by atoms with Gasteiger partial charge in [-0.05, 0) is 54.8 Å². The Balaban J connectivity index is 1.57. The van der Waals surface area contributed by atoms with E-state index in [1.165, 1.54) is 36.4 Å². The molecule has 4 rings (SSSR count). The van der Waals surface area contributed by atoms with E-state index in [1.807, 2.05) is 10.0 Å². The van der Waals surface area contributed by atoms with Crippen LogP contribution in [-0.2, 0) is 66.0 Å². The quantitative estimate of drug-likeness (QED) is 0.0328. The highest BCUT2D eigenvalue weighted by atomic mass is 32.2. The van der Waals surface area contributed by atoms with Crippen LogP contribution in [0.3, 0.4) is 0 Å². The minimum atomic E-state index is -4.53. The molecule has 12 N–H and O–H groups in total. The average molecular weight is 939 g/mol. The summed E-state index contributed by atoms with van der Waals surface area (Å²) in [7, 11) is -4.53. The minimum absolute atomic E-state index is 0.148. The molecule has 0 aliphatic carbocycles. The lowest BCUT2D eigenvalue weighted by Crippen LogP contribution is -2.62. The number of aromatic amines is 1. The Morgan fingerprint density at radius 3 is 2.02 bits per heavy atom. The number of carbonyl (C=O) groups excluding carboxylic acids is 6. The Bertz CT molecular complexity index is 2590. The Morgan fingerprint density at radius 2 is 1.39 bits per heavy atom. The second-order valence-corrected chi connectivity index (χ2v) is 16.9. The van der Waals surface area contributed by atoms with Gasteiger partial charge in [0.05, 0.1) is 36.7 Å². The summed E-state index contributed by atoms with van der Waals surface area (Å²) in [6.45, 7) is 0.0704. The van der Waals surface area contributed by atoms with E-state index in [1.54, 1.807) is 37.4 Å². The van der Waals surface area contributed by atoms with E-state index in [0.717, 1.165) is 12.1 Å². The summed E-state index contributed by atoms with van der Waals surface area (Å²) in [6, 6.07) is 10.1. The van der Waals surface area contributed by atoms with E-state index in [0.29, 0.717) is 22.0 Å². The number of aromatic nitrogens is 1. The summed E-state index contributed by atoms with van der Waals surface area (Å²) < 4.78 is 42.4. The van der Waals surface area contributed by atoms with Crippen LogP contribution in [0, 0.1) is 12.7 Å². The van der Waals surface area contributed by atoms with Crippen LogP contribution in [0.5, 0.6) is 0 Å². The molecule has 1 heterocycles. The maximum absolute atomic E-state index is 14.4. The van der Waals surface area contributed by atoms with E-state index < -0.39 is 132 Å². The first-order chi connectivity index (χ1) is 31.1. The highest BCUT2D eigenvalue weighted by Gasteiger charge is 2.36. The lowest BCUT2D eigenvalue weighted by atomic mass is 9.91. The zero-order valence-corrected chi connectivity index (χ0v) is 35.9. The van der Waals surface area contributed by atoms with Gasteiger partial charge in [-0.1, -0.05) is 48.0 Å². The fraction of sp³-hybridized carbons (Fsp3) is 0.310. The number of carboxylic acid groups (broad SMARTS) is 3. The number of carbonyl (C=O) groups is 9. The molecule has 0 aliphatic rings. The molecular weight excluding hydrogens is 892 g/mol. The number of nitrogens with one attached hydrogen (secondary N) is 7. The van der Waals surface area contributed by atoms with Crippen molar-refractivity contribution in [3.8, 4) is 0 Å². The van der Waals surface area contributed by atoms with Crippen molar-refractivity contribution in [2.45, 2.75) is 73.6 Å². The van der Waals surface area contributed by atoms with E-state index in [-0.39, 0.29) is 23.2 Å². The normalized spacial score (nSPS) is 14.0. The maximum atomic E-state index is 14.4. The molecule has 3 aromatic carbocycles. The van der Waals surface area contributed by atoms with E-state index >= 15 is 0 Å². The largest absolute Gasteiger partial charge is 0.481 e. The van der Waals surface area contributed by atoms with Crippen LogP contribution < -0.4 is 37.0 Å². The Morgan fingerprint density at radius 1 is 0.788 bits per heavy atom. The number of H-pyrrole nitrogens is 1. The molecule has 66 heavy (non-hydrogen) atoms. The van der Waals surface area contributed by atoms with E-state index in [9.17, 15) is 71.3 Å². The lowest BCUT2D eigenvalue weighted by Gasteiger charge is -2.32. The van der Waals surface area contributed by atoms with Crippen LogP contribution in [0.25, 0.3) is 10.9 Å². The molecule has 0 saturated carbocycles. The summed E-state index contributed by atoms with van der Waals surface area (Å²) in [4.78, 5) is 117. The van der Waals surface area contributed by atoms with Gasteiger partial charge >= 0.3 is 17.9 Å². The Kier molecular flexibility index (Phi) is 17.7. The molecule has 352 valence electrons. The number of hydrogen-bond acceptors (Lipinski definition) is 12. The predicted molar refractivity (Wildman–Crippen MR) is 229 cm³/mol. The third-order valence-corrected chi connectivity index (χ3v) is 11.4. The number of carboxylic acids is 3. The number of nitrogens with two attached hydrogens (primary N) is 1. The molecule has 5 atom stereocenters. The van der Waals surface area contributed by atoms with Gasteiger partial charge in [0.2, 0.25) is 39.6 Å². The van der Waals surface area contributed by atoms with Crippen LogP contribution in [0.1, 0.15) is 36.0 Å². The minimum Gasteiger partial charge on any atom is -0.481 e. The highest BCUT2D eigenvalue weighted by Crippen LogP contribution is 2.20. The van der Waals surface area contributed by atoms with Gasteiger partial charge < -0.3 is 57.4 Å². The van der Waals surface area contributed by atoms with Crippen molar-refractivity contribution in [1.29, 1.82) is 0 Å². The van der Waals surface area contributed by atoms with Gasteiger partial charge in [0, 0.05) is 30.1 Å². The second-order valence-electron chi connectivity index (χ2n) is 15.1. The van der Waals surface area contributed by atoms with Crippen molar-refractivity contribution in [1.82, 2.24) is 36.3 Å². The molecule has 0 bridgehead atoms. The topological polar surface area (TPSA) is 362 Å². The first-order valence-electron chi connectivity index (χ1n) is 19.8. The number of para-hydroxylation sites is 1. The van der Waals surface area contributed by atoms with Crippen molar-refractivity contribution < 1.29 is 71.3 Å². The number of amides is 5. The molecule has 0 unspecified atom stereocenters. The SMILES string of the molecule is Cc1ccc(S(=O)(=O)N[C@H](CC(=O)O)C(=O)N[C@@H](CC(=O)O)C(=O)NCC(=O)N[C@@](C=O)(CN[C@@H](Cc2c[nH]c3ccccc23)C(=O)N[C@@H](CC(=O)O)C(N)=O)Cc2cccc(F)c2)cc1. The number of halogens is 1. The molecule has 0 saturated heterocycles. The number of fused-ring (bicyclic) bond motifs is 1. The average Bonchev–Trinajstić information content (AvgIpc) is 3.65. The molecule has 1 aromatic heterocycles. The molecule has 0 radical (unpaired) electrons. The van der Waals surface area contributed by atoms with Gasteiger partial charge in [0.15, 0.2) is 0 Å². The van der Waals surface area contributed by atoms with Crippen LogP contribution in [0.15, 0.2) is 83.9 Å². The molecule has 0 fully saturated rings. The third kappa shape index (κ3) is 15.0. The summed E-state index contributed by atoms with van der Waals surface area (Å²) in [5.74, 6) is -11.4. The van der Waals surface area contributed by atoms with Crippen molar-refractivity contribution in [2.24, 2.45) is 5.73 Å². The van der Waals surface area contributed by atoms with Gasteiger partial charge in [-0.3, -0.25) is 38.4 Å². The summed E-state index contributed by atoms with van der Waals surface area (Å²) in [5, 5.41) is 40.7. The lowest BCUT2D eigenvalue weighted by molar-refractivity contribution is -0.142.